The van der Waals surface area contributed by atoms with Crippen molar-refractivity contribution in [1.29, 1.82) is 0 Å². The maximum atomic E-state index is 13.5. The van der Waals surface area contributed by atoms with Gasteiger partial charge in [0.25, 0.3) is 5.91 Å². The van der Waals surface area contributed by atoms with E-state index in [1.807, 2.05) is 103 Å². The number of methoxy groups -OCH3 is 2. The standard InChI is InChI=1S/C45H49N3O9/c1-7-27-54-41-40(50)37(57-42(41)48-26-25-38(47-43(48)51)46-39(49)29-55-36-23-13-30(14-24-36)44(2,3)4)28-56-45(31-11-9-8-10-12-31,32-15-19-34(52-5)20-16-32)33-17-21-35(53-6)22-18-33/h7-26,37,40-42,50H,1,27-29H2,2-6H3,(H,46,47,49,51)/t37-,40+,41+,42-/m1/s1. The highest BCUT2D eigenvalue weighted by Gasteiger charge is 2.48. The van der Waals surface area contributed by atoms with Crippen molar-refractivity contribution in [2.45, 2.75) is 56.3 Å². The molecule has 1 saturated heterocycles. The highest BCUT2D eigenvalue weighted by atomic mass is 16.6. The van der Waals surface area contributed by atoms with Crippen molar-refractivity contribution in [1.82, 2.24) is 9.55 Å². The first-order valence-corrected chi connectivity index (χ1v) is 18.6. The molecule has 4 atom stereocenters. The van der Waals surface area contributed by atoms with Crippen molar-refractivity contribution in [3.8, 4) is 17.2 Å². The number of nitrogens with one attached hydrogen (secondary N) is 1. The maximum Gasteiger partial charge on any atom is 0.351 e. The zero-order valence-corrected chi connectivity index (χ0v) is 32.8. The van der Waals surface area contributed by atoms with Gasteiger partial charge in [0, 0.05) is 6.20 Å². The van der Waals surface area contributed by atoms with E-state index in [-0.39, 0.29) is 31.1 Å². The van der Waals surface area contributed by atoms with E-state index in [9.17, 15) is 14.7 Å². The third-order valence-corrected chi connectivity index (χ3v) is 9.82. The average Bonchev–Trinajstić information content (AvgIpc) is 3.53. The summed E-state index contributed by atoms with van der Waals surface area (Å²) in [7, 11) is 3.21. The van der Waals surface area contributed by atoms with E-state index in [1.165, 1.54) is 16.8 Å². The second-order valence-corrected chi connectivity index (χ2v) is 14.6. The van der Waals surface area contributed by atoms with Gasteiger partial charge in [0.1, 0.15) is 47.0 Å². The summed E-state index contributed by atoms with van der Waals surface area (Å²) in [4.78, 5) is 30.3. The van der Waals surface area contributed by atoms with Crippen LogP contribution in [0.2, 0.25) is 0 Å². The molecule has 1 amide bonds. The Morgan fingerprint density at radius 2 is 1.40 bits per heavy atom. The molecule has 0 bridgehead atoms. The average molecular weight is 776 g/mol. The Labute approximate surface area is 332 Å². The van der Waals surface area contributed by atoms with E-state index in [4.69, 9.17) is 28.4 Å². The summed E-state index contributed by atoms with van der Waals surface area (Å²) in [5.41, 5.74) is 1.63. The van der Waals surface area contributed by atoms with Gasteiger partial charge in [0.15, 0.2) is 12.8 Å². The van der Waals surface area contributed by atoms with Gasteiger partial charge >= 0.3 is 5.69 Å². The molecule has 57 heavy (non-hydrogen) atoms. The number of carbonyl (C=O) groups is 1. The molecule has 1 aromatic heterocycles. The Kier molecular flexibility index (Phi) is 12.9. The number of amides is 1. The molecular formula is C45H49N3O9. The SMILES string of the molecule is C=CCO[C@H]1[C@@H](O)[C@@H](COC(c2ccccc2)(c2ccc(OC)cc2)c2ccc(OC)cc2)O[C@H]1n1ccc(NC(=O)COc2ccc(C(C)(C)C)cc2)nc1=O. The van der Waals surface area contributed by atoms with Gasteiger partial charge in [-0.3, -0.25) is 9.36 Å². The van der Waals surface area contributed by atoms with Crippen LogP contribution in [0.4, 0.5) is 5.82 Å². The van der Waals surface area contributed by atoms with Crippen LogP contribution in [-0.2, 0) is 30.0 Å². The number of nitrogens with zero attached hydrogens (tertiary/aromatic N) is 2. The molecule has 0 saturated carbocycles. The van der Waals surface area contributed by atoms with Crippen molar-refractivity contribution in [3.05, 3.63) is 161 Å². The van der Waals surface area contributed by atoms with Crippen LogP contribution in [0.1, 0.15) is 49.3 Å². The van der Waals surface area contributed by atoms with E-state index in [1.54, 1.807) is 20.3 Å². The Balaban J connectivity index is 1.23. The molecule has 1 aliphatic heterocycles. The lowest BCUT2D eigenvalue weighted by Crippen LogP contribution is -2.40. The molecule has 12 nitrogen and oxygen atoms in total. The summed E-state index contributed by atoms with van der Waals surface area (Å²) in [6.07, 6.45) is -1.29. The predicted molar refractivity (Wildman–Crippen MR) is 216 cm³/mol. The molecular weight excluding hydrogens is 727 g/mol. The van der Waals surface area contributed by atoms with Crippen molar-refractivity contribution < 1.29 is 38.3 Å². The van der Waals surface area contributed by atoms with Crippen LogP contribution in [0.25, 0.3) is 0 Å². The lowest BCUT2D eigenvalue weighted by Gasteiger charge is -2.37. The maximum absolute atomic E-state index is 13.5. The predicted octanol–water partition coefficient (Wildman–Crippen LogP) is 6.41. The molecule has 12 heteroatoms. The van der Waals surface area contributed by atoms with E-state index in [0.29, 0.717) is 17.2 Å². The smallest absolute Gasteiger partial charge is 0.351 e. The van der Waals surface area contributed by atoms with Gasteiger partial charge in [0.05, 0.1) is 27.4 Å². The second kappa shape index (κ2) is 18.0. The first-order chi connectivity index (χ1) is 27.5. The fourth-order valence-electron chi connectivity index (χ4n) is 6.78. The first-order valence-electron chi connectivity index (χ1n) is 18.6. The molecule has 4 aromatic carbocycles. The van der Waals surface area contributed by atoms with Crippen molar-refractivity contribution in [3.63, 3.8) is 0 Å². The van der Waals surface area contributed by atoms with Gasteiger partial charge in [-0.15, -0.1) is 6.58 Å². The van der Waals surface area contributed by atoms with Crippen molar-refractivity contribution >= 4 is 11.7 Å². The largest absolute Gasteiger partial charge is 0.497 e. The summed E-state index contributed by atoms with van der Waals surface area (Å²) in [6, 6.07) is 33.9. The number of aliphatic hydroxyl groups is 1. The molecule has 1 aliphatic rings. The van der Waals surface area contributed by atoms with Gasteiger partial charge in [-0.25, -0.2) is 4.79 Å². The van der Waals surface area contributed by atoms with Gasteiger partial charge in [0.2, 0.25) is 0 Å². The number of aliphatic hydroxyl groups excluding tert-OH is 1. The minimum Gasteiger partial charge on any atom is -0.497 e. The lowest BCUT2D eigenvalue weighted by atomic mass is 9.80. The fourth-order valence-corrected chi connectivity index (χ4v) is 6.78. The number of aromatic nitrogens is 2. The fraction of sp³-hybridized carbons (Fsp3) is 0.311. The Morgan fingerprint density at radius 3 is 1.95 bits per heavy atom. The van der Waals surface area contributed by atoms with Crippen LogP contribution in [0.3, 0.4) is 0 Å². The molecule has 0 unspecified atom stereocenters. The number of hydrogen-bond acceptors (Lipinski definition) is 10. The summed E-state index contributed by atoms with van der Waals surface area (Å²) in [6.45, 7) is 9.77. The van der Waals surface area contributed by atoms with E-state index < -0.39 is 41.7 Å². The van der Waals surface area contributed by atoms with Crippen LogP contribution >= 0.6 is 0 Å². The summed E-state index contributed by atoms with van der Waals surface area (Å²) in [5, 5.41) is 14.3. The Bertz CT molecular complexity index is 2100. The number of anilines is 1. The topological polar surface area (TPSA) is 140 Å². The van der Waals surface area contributed by atoms with Gasteiger partial charge in [-0.2, -0.15) is 4.98 Å². The zero-order valence-electron chi connectivity index (χ0n) is 32.8. The van der Waals surface area contributed by atoms with E-state index >= 15 is 0 Å². The van der Waals surface area contributed by atoms with Crippen LogP contribution in [0.15, 0.2) is 133 Å². The second-order valence-electron chi connectivity index (χ2n) is 14.6. The first kappa shape index (κ1) is 40.9. The number of carbonyl (C=O) groups excluding carboxylic acids is 1. The van der Waals surface area contributed by atoms with Crippen LogP contribution in [-0.4, -0.2) is 72.9 Å². The third kappa shape index (κ3) is 9.27. The molecule has 0 aliphatic carbocycles. The minimum atomic E-state index is -1.23. The molecule has 0 spiro atoms. The van der Waals surface area contributed by atoms with E-state index in [0.717, 1.165) is 22.3 Å². The van der Waals surface area contributed by atoms with Crippen molar-refractivity contribution in [2.75, 3.05) is 39.4 Å². The van der Waals surface area contributed by atoms with Crippen LogP contribution < -0.4 is 25.2 Å². The molecule has 2 heterocycles. The van der Waals surface area contributed by atoms with E-state index in [2.05, 4.69) is 37.7 Å². The third-order valence-electron chi connectivity index (χ3n) is 9.82. The Morgan fingerprint density at radius 1 is 0.842 bits per heavy atom. The molecule has 0 radical (unpaired) electrons. The molecule has 2 N–H and O–H groups in total. The lowest BCUT2D eigenvalue weighted by molar-refractivity contribution is -0.118. The minimum absolute atomic E-state index is 0.0140. The molecule has 6 rings (SSSR count). The van der Waals surface area contributed by atoms with Gasteiger partial charge in [-0.1, -0.05) is 93.6 Å². The number of hydrogen-bond donors (Lipinski definition) is 2. The van der Waals surface area contributed by atoms with Gasteiger partial charge in [-0.05, 0) is 70.1 Å². The highest BCUT2D eigenvalue weighted by molar-refractivity contribution is 5.90. The number of benzene rings is 4. The summed E-state index contributed by atoms with van der Waals surface area (Å²) >= 11 is 0. The summed E-state index contributed by atoms with van der Waals surface area (Å²) < 4.78 is 37.2. The monoisotopic (exact) mass is 775 g/mol. The quantitative estimate of drug-likeness (QED) is 0.0854. The zero-order chi connectivity index (χ0) is 40.6. The molecule has 5 aromatic rings. The summed E-state index contributed by atoms with van der Waals surface area (Å²) in [5.74, 6) is 1.43. The van der Waals surface area contributed by atoms with Gasteiger partial charge < -0.3 is 38.8 Å². The number of ether oxygens (including phenoxy) is 6. The number of rotatable bonds is 16. The highest BCUT2D eigenvalue weighted by Crippen LogP contribution is 2.43. The van der Waals surface area contributed by atoms with Crippen LogP contribution in [0, 0.1) is 0 Å². The molecule has 298 valence electrons. The van der Waals surface area contributed by atoms with Crippen LogP contribution in [0.5, 0.6) is 17.2 Å². The normalized spacial score (nSPS) is 18.1. The molecule has 1 fully saturated rings. The van der Waals surface area contributed by atoms with Crippen molar-refractivity contribution in [2.24, 2.45) is 0 Å². The Hall–Kier alpha value is -5.79.